The summed E-state index contributed by atoms with van der Waals surface area (Å²) in [4.78, 5) is 28.6. The zero-order valence-electron chi connectivity index (χ0n) is 17.4. The van der Waals surface area contributed by atoms with E-state index in [1.54, 1.807) is 6.92 Å². The molecule has 3 amide bonds. The maximum absolute atomic E-state index is 13.2. The van der Waals surface area contributed by atoms with Crippen LogP contribution in [0.3, 0.4) is 0 Å². The number of amides is 3. The fraction of sp³-hybridized carbons (Fsp3) is 0.417. The third-order valence-corrected chi connectivity index (χ3v) is 6.22. The fourth-order valence-electron chi connectivity index (χ4n) is 4.11. The van der Waals surface area contributed by atoms with Crippen molar-refractivity contribution in [3.05, 3.63) is 71.3 Å². The van der Waals surface area contributed by atoms with Crippen LogP contribution in [-0.2, 0) is 16.9 Å². The summed E-state index contributed by atoms with van der Waals surface area (Å²) in [7, 11) is 0. The summed E-state index contributed by atoms with van der Waals surface area (Å²) >= 11 is 0. The van der Waals surface area contributed by atoms with Gasteiger partial charge in [-0.2, -0.15) is 0 Å². The molecule has 0 spiro atoms. The molecule has 5 nitrogen and oxygen atoms in total. The normalized spacial score (nSPS) is 22.8. The average Bonchev–Trinajstić information content (AvgIpc) is 3.53. The molecule has 2 aromatic carbocycles. The van der Waals surface area contributed by atoms with Crippen LogP contribution in [0.2, 0.25) is 0 Å². The summed E-state index contributed by atoms with van der Waals surface area (Å²) in [6, 6.07) is 18.4. The minimum atomic E-state index is -0.994. The van der Waals surface area contributed by atoms with E-state index >= 15 is 0 Å². The van der Waals surface area contributed by atoms with Crippen LogP contribution in [-0.4, -0.2) is 29.5 Å². The SMILES string of the molecule is CC(C)c1ccc(C[NH+](CN2C(=O)N[C@](C)(c3ccccc3)C2=O)C2CC2)cc1. The van der Waals surface area contributed by atoms with Crippen molar-refractivity contribution >= 4 is 11.9 Å². The summed E-state index contributed by atoms with van der Waals surface area (Å²) in [6.07, 6.45) is 2.30. The molecule has 1 aliphatic carbocycles. The van der Waals surface area contributed by atoms with Crippen molar-refractivity contribution in [2.75, 3.05) is 6.67 Å². The summed E-state index contributed by atoms with van der Waals surface area (Å²) in [5.74, 6) is 0.347. The molecule has 1 aliphatic heterocycles. The van der Waals surface area contributed by atoms with Crippen LogP contribution in [0.1, 0.15) is 56.2 Å². The van der Waals surface area contributed by atoms with E-state index in [1.165, 1.54) is 20.9 Å². The molecule has 0 bridgehead atoms. The molecule has 152 valence electrons. The van der Waals surface area contributed by atoms with Gasteiger partial charge in [-0.15, -0.1) is 0 Å². The van der Waals surface area contributed by atoms with E-state index in [0.29, 0.717) is 18.6 Å². The number of carbonyl (C=O) groups is 2. The molecule has 2 aliphatic rings. The number of quaternary nitrogens is 1. The Kier molecular flexibility index (Phi) is 5.17. The second-order valence-electron chi connectivity index (χ2n) is 8.82. The Bertz CT molecular complexity index is 890. The lowest BCUT2D eigenvalue weighted by Crippen LogP contribution is -3.13. The van der Waals surface area contributed by atoms with Crippen molar-refractivity contribution in [3.8, 4) is 0 Å². The van der Waals surface area contributed by atoms with Crippen LogP contribution < -0.4 is 10.2 Å². The van der Waals surface area contributed by atoms with Gasteiger partial charge in [0, 0.05) is 18.4 Å². The monoisotopic (exact) mass is 392 g/mol. The number of nitrogens with zero attached hydrogens (tertiary/aromatic N) is 1. The molecule has 5 heteroatoms. The third kappa shape index (κ3) is 3.92. The molecule has 2 atom stereocenters. The molecule has 2 N–H and O–H groups in total. The number of hydrogen-bond donors (Lipinski definition) is 2. The van der Waals surface area contributed by atoms with Crippen molar-refractivity contribution in [1.82, 2.24) is 10.2 Å². The maximum atomic E-state index is 13.2. The highest BCUT2D eigenvalue weighted by molar-refractivity contribution is 6.07. The van der Waals surface area contributed by atoms with Crippen molar-refractivity contribution in [2.45, 2.75) is 57.7 Å². The highest BCUT2D eigenvalue weighted by Crippen LogP contribution is 2.28. The molecule has 1 heterocycles. The first-order valence-corrected chi connectivity index (χ1v) is 10.5. The summed E-state index contributed by atoms with van der Waals surface area (Å²) < 4.78 is 0. The number of hydrogen-bond acceptors (Lipinski definition) is 2. The topological polar surface area (TPSA) is 53.9 Å². The summed E-state index contributed by atoms with van der Waals surface area (Å²) in [5.41, 5.74) is 2.40. The van der Waals surface area contributed by atoms with Gasteiger partial charge in [0.25, 0.3) is 5.91 Å². The van der Waals surface area contributed by atoms with Gasteiger partial charge < -0.3 is 10.2 Å². The summed E-state index contributed by atoms with van der Waals surface area (Å²) in [6.45, 7) is 7.41. The Balaban J connectivity index is 1.50. The number of carbonyl (C=O) groups excluding carboxylic acids is 2. The molecule has 4 rings (SSSR count). The van der Waals surface area contributed by atoms with Crippen LogP contribution in [0.4, 0.5) is 4.79 Å². The number of imide groups is 1. The quantitative estimate of drug-likeness (QED) is 0.712. The molecular formula is C24H30N3O2+. The van der Waals surface area contributed by atoms with Crippen LogP contribution in [0.15, 0.2) is 54.6 Å². The van der Waals surface area contributed by atoms with Gasteiger partial charge >= 0.3 is 6.03 Å². The Labute approximate surface area is 172 Å². The Morgan fingerprint density at radius 1 is 1.07 bits per heavy atom. The molecule has 29 heavy (non-hydrogen) atoms. The first-order chi connectivity index (χ1) is 13.9. The van der Waals surface area contributed by atoms with Crippen LogP contribution in [0, 0.1) is 0 Å². The van der Waals surface area contributed by atoms with Gasteiger partial charge in [-0.1, -0.05) is 68.4 Å². The first-order valence-electron chi connectivity index (χ1n) is 10.5. The highest BCUT2D eigenvalue weighted by atomic mass is 16.2. The molecular weight excluding hydrogens is 362 g/mol. The Hall–Kier alpha value is -2.66. The van der Waals surface area contributed by atoms with E-state index in [0.717, 1.165) is 24.9 Å². The molecule has 2 fully saturated rings. The molecule has 1 saturated carbocycles. The number of urea groups is 1. The second-order valence-corrected chi connectivity index (χ2v) is 8.82. The lowest BCUT2D eigenvalue weighted by atomic mass is 9.92. The number of benzene rings is 2. The van der Waals surface area contributed by atoms with Gasteiger partial charge in [-0.3, -0.25) is 4.79 Å². The highest BCUT2D eigenvalue weighted by Gasteiger charge is 2.51. The minimum absolute atomic E-state index is 0.165. The van der Waals surface area contributed by atoms with Crippen molar-refractivity contribution in [1.29, 1.82) is 0 Å². The largest absolute Gasteiger partial charge is 0.329 e. The molecule has 1 unspecified atom stereocenters. The maximum Gasteiger partial charge on any atom is 0.329 e. The molecule has 1 saturated heterocycles. The molecule has 0 radical (unpaired) electrons. The molecule has 0 aromatic heterocycles. The van der Waals surface area contributed by atoms with Gasteiger partial charge in [-0.05, 0) is 24.0 Å². The third-order valence-electron chi connectivity index (χ3n) is 6.22. The van der Waals surface area contributed by atoms with E-state index in [-0.39, 0.29) is 11.9 Å². The predicted octanol–water partition coefficient (Wildman–Crippen LogP) is 2.78. The van der Waals surface area contributed by atoms with E-state index in [1.807, 2.05) is 30.3 Å². The molecule has 2 aromatic rings. The fourth-order valence-corrected chi connectivity index (χ4v) is 4.11. The van der Waals surface area contributed by atoms with Crippen LogP contribution in [0.25, 0.3) is 0 Å². The van der Waals surface area contributed by atoms with E-state index in [9.17, 15) is 9.59 Å². The van der Waals surface area contributed by atoms with Gasteiger partial charge in [0.1, 0.15) is 12.1 Å². The predicted molar refractivity (Wildman–Crippen MR) is 112 cm³/mol. The van der Waals surface area contributed by atoms with Crippen LogP contribution in [0.5, 0.6) is 0 Å². The smallest absolute Gasteiger partial charge is 0.319 e. The van der Waals surface area contributed by atoms with Crippen molar-refractivity contribution in [2.24, 2.45) is 0 Å². The minimum Gasteiger partial charge on any atom is -0.319 e. The standard InChI is InChI=1S/C24H29N3O2/c1-17(2)19-11-9-18(10-12-19)15-26(21-13-14-21)16-27-22(28)24(3,25-23(27)29)20-7-5-4-6-8-20/h4-12,17,21H,13-16H2,1-3H3,(H,25,29)/p+1/t24-/m1/s1. The zero-order chi connectivity index (χ0) is 20.6. The van der Waals surface area contributed by atoms with Gasteiger partial charge in [0.05, 0.1) is 6.04 Å². The number of nitrogens with one attached hydrogen (secondary N) is 2. The van der Waals surface area contributed by atoms with E-state index in [2.05, 4.69) is 43.4 Å². The van der Waals surface area contributed by atoms with Gasteiger partial charge in [-0.25, -0.2) is 9.69 Å². The summed E-state index contributed by atoms with van der Waals surface area (Å²) in [5, 5.41) is 2.92. The Morgan fingerprint density at radius 3 is 2.31 bits per heavy atom. The zero-order valence-corrected chi connectivity index (χ0v) is 17.4. The van der Waals surface area contributed by atoms with Crippen molar-refractivity contribution in [3.63, 3.8) is 0 Å². The lowest BCUT2D eigenvalue weighted by Gasteiger charge is -2.25. The first kappa shape index (κ1) is 19.6. The van der Waals surface area contributed by atoms with E-state index in [4.69, 9.17) is 0 Å². The Morgan fingerprint density at radius 2 is 1.72 bits per heavy atom. The second kappa shape index (κ2) is 7.64. The number of rotatable bonds is 7. The lowest BCUT2D eigenvalue weighted by molar-refractivity contribution is -0.931. The van der Waals surface area contributed by atoms with Gasteiger partial charge in [0.2, 0.25) is 0 Å². The average molecular weight is 393 g/mol. The van der Waals surface area contributed by atoms with E-state index < -0.39 is 5.54 Å². The van der Waals surface area contributed by atoms with Crippen molar-refractivity contribution < 1.29 is 14.5 Å². The van der Waals surface area contributed by atoms with Gasteiger partial charge in [0.15, 0.2) is 6.67 Å². The van der Waals surface area contributed by atoms with Crippen LogP contribution >= 0.6 is 0 Å².